The molecule has 4 nitrogen and oxygen atoms in total. The number of nitrogens with one attached hydrogen (secondary N) is 1. The van der Waals surface area contributed by atoms with Crippen molar-refractivity contribution in [2.45, 2.75) is 33.2 Å². The van der Waals surface area contributed by atoms with Crippen LogP contribution in [0.2, 0.25) is 5.02 Å². The second-order valence-corrected chi connectivity index (χ2v) is 7.99. The van der Waals surface area contributed by atoms with Crippen molar-refractivity contribution >= 4 is 17.5 Å². The average Bonchev–Trinajstić information content (AvgIpc) is 2.70. The molecule has 0 atom stereocenters. The van der Waals surface area contributed by atoms with Gasteiger partial charge in [0.15, 0.2) is 0 Å². The van der Waals surface area contributed by atoms with Gasteiger partial charge in [-0.2, -0.15) is 0 Å². The van der Waals surface area contributed by atoms with Crippen LogP contribution in [0.5, 0.6) is 5.75 Å². The summed E-state index contributed by atoms with van der Waals surface area (Å²) >= 11 is 6.09. The molecular formula is C23H29ClN2O2. The van der Waals surface area contributed by atoms with Crippen molar-refractivity contribution in [2.75, 3.05) is 26.2 Å². The zero-order chi connectivity index (χ0) is 19.9. The molecule has 1 saturated heterocycles. The van der Waals surface area contributed by atoms with Crippen LogP contribution in [0.1, 0.15) is 29.5 Å². The summed E-state index contributed by atoms with van der Waals surface area (Å²) in [6.45, 7) is 7.90. The highest BCUT2D eigenvalue weighted by Crippen LogP contribution is 2.22. The van der Waals surface area contributed by atoms with E-state index in [4.69, 9.17) is 16.3 Å². The first-order valence-corrected chi connectivity index (χ1v) is 10.3. The van der Waals surface area contributed by atoms with Crippen molar-refractivity contribution in [3.05, 3.63) is 64.2 Å². The maximum Gasteiger partial charge on any atom is 0.223 e. The summed E-state index contributed by atoms with van der Waals surface area (Å²) in [4.78, 5) is 14.8. The summed E-state index contributed by atoms with van der Waals surface area (Å²) in [6.07, 6.45) is 1.82. The van der Waals surface area contributed by atoms with Gasteiger partial charge in [-0.3, -0.25) is 9.69 Å². The molecule has 1 N–H and O–H groups in total. The summed E-state index contributed by atoms with van der Waals surface area (Å²) in [7, 11) is 0. The Balaban J connectivity index is 1.34. The second kappa shape index (κ2) is 9.94. The Kier molecular flexibility index (Phi) is 7.35. The topological polar surface area (TPSA) is 41.6 Å². The standard InChI is InChI=1S/C23H29ClN2O2/c1-17-3-6-19(7-4-17)16-26-12-9-20(10-13-26)23(27)25-11-14-28-21-8-5-18(2)22(24)15-21/h3-8,15,20H,9-14,16H2,1-2H3,(H,25,27). The van der Waals surface area contributed by atoms with E-state index >= 15 is 0 Å². The highest BCUT2D eigenvalue weighted by molar-refractivity contribution is 6.31. The van der Waals surface area contributed by atoms with Crippen LogP contribution in [0.3, 0.4) is 0 Å². The first-order chi connectivity index (χ1) is 13.5. The molecule has 2 aromatic rings. The predicted octanol–water partition coefficient (Wildman–Crippen LogP) is 4.36. The van der Waals surface area contributed by atoms with Crippen LogP contribution in [-0.4, -0.2) is 37.0 Å². The number of hydrogen-bond donors (Lipinski definition) is 1. The van der Waals surface area contributed by atoms with E-state index in [1.54, 1.807) is 0 Å². The highest BCUT2D eigenvalue weighted by atomic mass is 35.5. The van der Waals surface area contributed by atoms with Gasteiger partial charge in [-0.1, -0.05) is 47.5 Å². The maximum atomic E-state index is 12.4. The van der Waals surface area contributed by atoms with Gasteiger partial charge in [0.25, 0.3) is 0 Å². The molecule has 5 heteroatoms. The largest absolute Gasteiger partial charge is 0.492 e. The number of carbonyl (C=O) groups is 1. The van der Waals surface area contributed by atoms with Crippen LogP contribution in [0.25, 0.3) is 0 Å². The minimum Gasteiger partial charge on any atom is -0.492 e. The first kappa shape index (κ1) is 20.7. The Morgan fingerprint density at radius 1 is 1.14 bits per heavy atom. The fourth-order valence-corrected chi connectivity index (χ4v) is 3.63. The van der Waals surface area contributed by atoms with Gasteiger partial charge in [0.05, 0.1) is 6.54 Å². The van der Waals surface area contributed by atoms with E-state index in [2.05, 4.69) is 41.4 Å². The molecule has 0 bridgehead atoms. The predicted molar refractivity (Wildman–Crippen MR) is 114 cm³/mol. The number of halogens is 1. The van der Waals surface area contributed by atoms with E-state index < -0.39 is 0 Å². The molecule has 3 rings (SSSR count). The molecule has 1 amide bonds. The number of nitrogens with zero attached hydrogens (tertiary/aromatic N) is 1. The Hall–Kier alpha value is -2.04. The molecular weight excluding hydrogens is 372 g/mol. The van der Waals surface area contributed by atoms with Crippen molar-refractivity contribution in [1.29, 1.82) is 0 Å². The SMILES string of the molecule is Cc1ccc(CN2CCC(C(=O)NCCOc3ccc(C)c(Cl)c3)CC2)cc1. The van der Waals surface area contributed by atoms with Crippen LogP contribution < -0.4 is 10.1 Å². The van der Waals surface area contributed by atoms with Crippen molar-refractivity contribution in [1.82, 2.24) is 10.2 Å². The molecule has 0 aromatic heterocycles. The monoisotopic (exact) mass is 400 g/mol. The minimum absolute atomic E-state index is 0.100. The lowest BCUT2D eigenvalue weighted by atomic mass is 9.95. The molecule has 0 saturated carbocycles. The molecule has 1 aliphatic rings. The fourth-order valence-electron chi connectivity index (χ4n) is 3.46. The van der Waals surface area contributed by atoms with E-state index in [1.807, 2.05) is 25.1 Å². The van der Waals surface area contributed by atoms with Gasteiger partial charge in [-0.15, -0.1) is 0 Å². The highest BCUT2D eigenvalue weighted by Gasteiger charge is 2.24. The van der Waals surface area contributed by atoms with E-state index in [-0.39, 0.29) is 11.8 Å². The third-order valence-corrected chi connectivity index (χ3v) is 5.71. The fraction of sp³-hybridized carbons (Fsp3) is 0.435. The molecule has 1 heterocycles. The lowest BCUT2D eigenvalue weighted by Crippen LogP contribution is -2.41. The number of aryl methyl sites for hydroxylation is 2. The van der Waals surface area contributed by atoms with E-state index in [1.165, 1.54) is 11.1 Å². The van der Waals surface area contributed by atoms with Crippen LogP contribution in [0, 0.1) is 19.8 Å². The number of carbonyl (C=O) groups excluding carboxylic acids is 1. The molecule has 1 aliphatic heterocycles. The first-order valence-electron chi connectivity index (χ1n) is 9.96. The van der Waals surface area contributed by atoms with E-state index in [0.717, 1.165) is 43.8 Å². The molecule has 0 radical (unpaired) electrons. The van der Waals surface area contributed by atoms with Crippen molar-refractivity contribution in [2.24, 2.45) is 5.92 Å². The lowest BCUT2D eigenvalue weighted by Gasteiger charge is -2.31. The van der Waals surface area contributed by atoms with Crippen LogP contribution in [0.15, 0.2) is 42.5 Å². The Bertz CT molecular complexity index is 784. The molecule has 0 unspecified atom stereocenters. The average molecular weight is 401 g/mol. The lowest BCUT2D eigenvalue weighted by molar-refractivity contribution is -0.126. The second-order valence-electron chi connectivity index (χ2n) is 7.59. The summed E-state index contributed by atoms with van der Waals surface area (Å²) in [5.74, 6) is 0.970. The van der Waals surface area contributed by atoms with Crippen LogP contribution >= 0.6 is 11.6 Å². The van der Waals surface area contributed by atoms with Gasteiger partial charge < -0.3 is 10.1 Å². The molecule has 2 aromatic carbocycles. The smallest absolute Gasteiger partial charge is 0.223 e. The molecule has 150 valence electrons. The Morgan fingerprint density at radius 3 is 2.54 bits per heavy atom. The van der Waals surface area contributed by atoms with Gasteiger partial charge in [0.1, 0.15) is 12.4 Å². The summed E-state index contributed by atoms with van der Waals surface area (Å²) in [5, 5.41) is 3.70. The zero-order valence-electron chi connectivity index (χ0n) is 16.7. The Labute approximate surface area is 172 Å². The third kappa shape index (κ3) is 5.98. The summed E-state index contributed by atoms with van der Waals surface area (Å²) in [6, 6.07) is 14.3. The van der Waals surface area contributed by atoms with Crippen molar-refractivity contribution in [3.8, 4) is 5.75 Å². The maximum absolute atomic E-state index is 12.4. The zero-order valence-corrected chi connectivity index (χ0v) is 17.5. The Morgan fingerprint density at radius 2 is 1.86 bits per heavy atom. The van der Waals surface area contributed by atoms with Gasteiger partial charge in [0.2, 0.25) is 5.91 Å². The van der Waals surface area contributed by atoms with Crippen molar-refractivity contribution in [3.63, 3.8) is 0 Å². The molecule has 28 heavy (non-hydrogen) atoms. The van der Waals surface area contributed by atoms with Gasteiger partial charge in [-0.05, 0) is 63.0 Å². The number of rotatable bonds is 7. The quantitative estimate of drug-likeness (QED) is 0.702. The van der Waals surface area contributed by atoms with Crippen molar-refractivity contribution < 1.29 is 9.53 Å². The molecule has 0 aliphatic carbocycles. The van der Waals surface area contributed by atoms with Gasteiger partial charge in [-0.25, -0.2) is 0 Å². The van der Waals surface area contributed by atoms with E-state index in [9.17, 15) is 4.79 Å². The van der Waals surface area contributed by atoms with Crippen LogP contribution in [-0.2, 0) is 11.3 Å². The van der Waals surface area contributed by atoms with Gasteiger partial charge in [0, 0.05) is 17.5 Å². The number of ether oxygens (including phenoxy) is 1. The molecule has 1 fully saturated rings. The normalized spacial score (nSPS) is 15.4. The third-order valence-electron chi connectivity index (χ3n) is 5.30. The summed E-state index contributed by atoms with van der Waals surface area (Å²) in [5.41, 5.74) is 3.64. The summed E-state index contributed by atoms with van der Waals surface area (Å²) < 4.78 is 5.66. The van der Waals surface area contributed by atoms with E-state index in [0.29, 0.717) is 18.2 Å². The molecule has 0 spiro atoms. The van der Waals surface area contributed by atoms with Crippen LogP contribution in [0.4, 0.5) is 0 Å². The number of hydrogen-bond acceptors (Lipinski definition) is 3. The number of amides is 1. The number of benzene rings is 2. The number of piperidine rings is 1. The minimum atomic E-state index is 0.100. The van der Waals surface area contributed by atoms with Gasteiger partial charge >= 0.3 is 0 Å². The number of likely N-dealkylation sites (tertiary alicyclic amines) is 1.